The molecule has 0 amide bonds. The second kappa shape index (κ2) is 238. The Morgan fingerprint density at radius 3 is 0.375 bits per heavy atom. The molecule has 6 nitrogen and oxygen atoms in total. The molecule has 0 atom stereocenters. The molecule has 0 saturated heterocycles. The van der Waals surface area contributed by atoms with E-state index in [0.717, 1.165) is 0 Å². The fourth-order valence-electron chi connectivity index (χ4n) is 0. The van der Waals surface area contributed by atoms with E-state index in [4.69, 9.17) is 0 Å². The summed E-state index contributed by atoms with van der Waals surface area (Å²) in [6.07, 6.45) is 0. The van der Waals surface area contributed by atoms with Gasteiger partial charge < -0.3 is 32.9 Å². The standard InChI is InChI=1S/La.6H2O.H6P/h;6*1H2;1H6/q+3;;;;;;;+3/p-6. The summed E-state index contributed by atoms with van der Waals surface area (Å²) in [7, 11) is 0. The predicted octanol–water partition coefficient (Wildman–Crippen LogP) is -1.81. The van der Waals surface area contributed by atoms with Crippen LogP contribution in [0.5, 0.6) is 0 Å². The minimum absolute atomic E-state index is 0. The molecule has 0 aliphatic heterocycles. The van der Waals surface area contributed by atoms with Crippen LogP contribution in [0.3, 0.4) is 0 Å². The summed E-state index contributed by atoms with van der Waals surface area (Å²) in [5, 5.41) is 0. The molecule has 56 valence electrons. The average Bonchev–Trinajstić information content (AvgIpc) is 0. The number of rotatable bonds is 0. The first-order valence-electron chi connectivity index (χ1n) is 0. The van der Waals surface area contributed by atoms with Gasteiger partial charge in [0.1, 0.15) is 0 Å². The SMILES string of the molecule is [La+3].[OH-].[OH-].[OH-].[OH-].[OH-].[OH-].[PH6+3]. The van der Waals surface area contributed by atoms with E-state index in [1.807, 2.05) is 0 Å². The fraction of sp³-hybridized carbons (Fsp3) is 0. The molecular weight excluding hydrogens is 266 g/mol. The van der Waals surface area contributed by atoms with E-state index >= 15 is 0 Å². The van der Waals surface area contributed by atoms with Crippen LogP contribution in [0.2, 0.25) is 0 Å². The Morgan fingerprint density at radius 1 is 0.375 bits per heavy atom. The molecule has 8 heteroatoms. The Labute approximate surface area is 78.1 Å². The molecule has 0 spiro atoms. The van der Waals surface area contributed by atoms with Gasteiger partial charge in [-0.15, -0.1) is 0 Å². The quantitative estimate of drug-likeness (QED) is 0.470. The summed E-state index contributed by atoms with van der Waals surface area (Å²) >= 11 is 0. The van der Waals surface area contributed by atoms with Crippen molar-refractivity contribution in [1.29, 1.82) is 0 Å². The van der Waals surface area contributed by atoms with Crippen LogP contribution in [0, 0.1) is 35.6 Å². The van der Waals surface area contributed by atoms with Gasteiger partial charge in [-0.1, -0.05) is 0 Å². The van der Waals surface area contributed by atoms with E-state index in [1.54, 1.807) is 0 Å². The summed E-state index contributed by atoms with van der Waals surface area (Å²) in [6.45, 7) is 0. The molecule has 0 aliphatic rings. The Morgan fingerprint density at radius 2 is 0.375 bits per heavy atom. The van der Waals surface area contributed by atoms with Gasteiger partial charge in [-0.05, 0) is 0 Å². The van der Waals surface area contributed by atoms with Crippen LogP contribution >= 0.6 is 9.90 Å². The third kappa shape index (κ3) is 157. The molecule has 0 rings (SSSR count). The van der Waals surface area contributed by atoms with Crippen LogP contribution in [-0.4, -0.2) is 32.9 Å². The average molecular weight is 278 g/mol. The molecule has 0 unspecified atom stereocenters. The van der Waals surface area contributed by atoms with Gasteiger partial charge in [-0.3, -0.25) is 9.90 Å². The molecule has 8 heavy (non-hydrogen) atoms. The van der Waals surface area contributed by atoms with Crippen molar-refractivity contribution in [3.63, 3.8) is 0 Å². The minimum atomic E-state index is 0. The van der Waals surface area contributed by atoms with Crippen molar-refractivity contribution in [3.8, 4) is 0 Å². The van der Waals surface area contributed by atoms with E-state index in [9.17, 15) is 0 Å². The fourth-order valence-corrected chi connectivity index (χ4v) is 0. The zero-order valence-corrected chi connectivity index (χ0v) is 6.89. The van der Waals surface area contributed by atoms with Crippen molar-refractivity contribution in [2.45, 2.75) is 0 Å². The molecule has 0 aromatic carbocycles. The molecular formula is H12LaO6P. The molecule has 6 N–H and O–H groups in total. The first kappa shape index (κ1) is 344. The third-order valence-corrected chi connectivity index (χ3v) is 0. The van der Waals surface area contributed by atoms with Crippen molar-refractivity contribution >= 4 is 9.90 Å². The molecule has 0 aromatic heterocycles. The second-order valence-corrected chi connectivity index (χ2v) is 0. The van der Waals surface area contributed by atoms with Gasteiger partial charge in [0.15, 0.2) is 0 Å². The Balaban J connectivity index is 0. The minimum Gasteiger partial charge on any atom is -0.870 e. The van der Waals surface area contributed by atoms with Crippen LogP contribution in [-0.2, 0) is 0 Å². The van der Waals surface area contributed by atoms with Gasteiger partial charge in [-0.2, -0.15) is 0 Å². The van der Waals surface area contributed by atoms with Crippen LogP contribution in [0.1, 0.15) is 0 Å². The Bertz CT molecular complexity index is 8.49. The summed E-state index contributed by atoms with van der Waals surface area (Å²) in [6, 6.07) is 0. The van der Waals surface area contributed by atoms with E-state index in [1.165, 1.54) is 0 Å². The zero-order chi connectivity index (χ0) is 0. The zero-order valence-electron chi connectivity index (χ0n) is 3.26. The van der Waals surface area contributed by atoms with Crippen LogP contribution in [0.4, 0.5) is 0 Å². The molecule has 0 fully saturated rings. The van der Waals surface area contributed by atoms with Gasteiger partial charge in [0, 0.05) is 0 Å². The van der Waals surface area contributed by atoms with E-state index in [-0.39, 0.29) is 78.4 Å². The molecule has 0 radical (unpaired) electrons. The van der Waals surface area contributed by atoms with Gasteiger partial charge in [0.05, 0.1) is 0 Å². The van der Waals surface area contributed by atoms with Crippen molar-refractivity contribution in [1.82, 2.24) is 0 Å². The molecule has 0 bridgehead atoms. The summed E-state index contributed by atoms with van der Waals surface area (Å²) < 4.78 is 0. The van der Waals surface area contributed by atoms with Crippen molar-refractivity contribution in [2.24, 2.45) is 0 Å². The van der Waals surface area contributed by atoms with E-state index < -0.39 is 0 Å². The first-order valence-corrected chi connectivity index (χ1v) is 0. The van der Waals surface area contributed by atoms with Gasteiger partial charge in [-0.25, -0.2) is 0 Å². The van der Waals surface area contributed by atoms with Gasteiger partial charge >= 0.3 is 35.6 Å². The van der Waals surface area contributed by atoms with Crippen molar-refractivity contribution < 1.29 is 68.5 Å². The molecule has 0 heterocycles. The van der Waals surface area contributed by atoms with Gasteiger partial charge in [0.2, 0.25) is 0 Å². The monoisotopic (exact) mass is 278 g/mol. The maximum Gasteiger partial charge on any atom is 3.00 e. The smallest absolute Gasteiger partial charge is 0.870 e. The van der Waals surface area contributed by atoms with Gasteiger partial charge in [0.25, 0.3) is 0 Å². The van der Waals surface area contributed by atoms with Crippen molar-refractivity contribution in [3.05, 3.63) is 0 Å². The van der Waals surface area contributed by atoms with Crippen molar-refractivity contribution in [2.75, 3.05) is 0 Å². The number of hydrogen-bond donors (Lipinski definition) is 0. The maximum absolute atomic E-state index is 0. The number of hydrogen-bond acceptors (Lipinski definition) is 6. The van der Waals surface area contributed by atoms with E-state index in [0.29, 0.717) is 0 Å². The summed E-state index contributed by atoms with van der Waals surface area (Å²) in [5.41, 5.74) is 0. The molecule has 0 aromatic rings. The topological polar surface area (TPSA) is 180 Å². The second-order valence-electron chi connectivity index (χ2n) is 0. The van der Waals surface area contributed by atoms with E-state index in [2.05, 4.69) is 0 Å². The Kier molecular flexibility index (Phi) is 10300. The van der Waals surface area contributed by atoms with Crippen LogP contribution in [0.15, 0.2) is 0 Å². The third-order valence-electron chi connectivity index (χ3n) is 0. The Hall–Kier alpha value is 1.38. The maximum atomic E-state index is 0. The normalized spacial score (nSPS) is 0. The van der Waals surface area contributed by atoms with Crippen LogP contribution in [0.25, 0.3) is 0 Å². The summed E-state index contributed by atoms with van der Waals surface area (Å²) in [5.74, 6) is 0. The first-order chi connectivity index (χ1) is 0. The largest absolute Gasteiger partial charge is 3.00 e. The molecule has 0 aliphatic carbocycles. The summed E-state index contributed by atoms with van der Waals surface area (Å²) in [4.78, 5) is 0. The predicted molar refractivity (Wildman–Crippen MR) is 26.9 cm³/mol. The molecule has 0 saturated carbocycles. The van der Waals surface area contributed by atoms with Crippen LogP contribution < -0.4 is 0 Å².